The first kappa shape index (κ1) is 17.3. The van der Waals surface area contributed by atoms with E-state index in [0.717, 1.165) is 44.7 Å². The topological polar surface area (TPSA) is 59.6 Å². The number of unbranched alkanes of at least 4 members (excludes halogenated alkanes) is 1. The van der Waals surface area contributed by atoms with Crippen molar-refractivity contribution >= 4 is 5.96 Å². The molecule has 3 N–H and O–H groups in total. The van der Waals surface area contributed by atoms with Gasteiger partial charge in [-0.25, -0.2) is 0 Å². The van der Waals surface area contributed by atoms with Gasteiger partial charge >= 0.3 is 0 Å². The second kappa shape index (κ2) is 10.1. The molecule has 0 aromatic heterocycles. The standard InChI is InChI=1S/C17H29N3O/c1-4-5-11-19-17(18)20-12-10-15-6-8-16(9-7-15)21-13-14(2)3/h6-9,14H,4-5,10-13H2,1-3H3,(H3,18,19,20). The van der Waals surface area contributed by atoms with Crippen LogP contribution in [0.2, 0.25) is 0 Å². The van der Waals surface area contributed by atoms with Crippen molar-refractivity contribution in [1.29, 1.82) is 0 Å². The van der Waals surface area contributed by atoms with Crippen LogP contribution >= 0.6 is 0 Å². The lowest BCUT2D eigenvalue weighted by molar-refractivity contribution is 0.271. The van der Waals surface area contributed by atoms with Crippen molar-refractivity contribution in [2.24, 2.45) is 16.6 Å². The van der Waals surface area contributed by atoms with Gasteiger partial charge in [-0.05, 0) is 36.5 Å². The van der Waals surface area contributed by atoms with Crippen molar-refractivity contribution in [3.63, 3.8) is 0 Å². The molecular weight excluding hydrogens is 262 g/mol. The summed E-state index contributed by atoms with van der Waals surface area (Å²) in [7, 11) is 0. The summed E-state index contributed by atoms with van der Waals surface area (Å²) in [5.41, 5.74) is 7.05. The number of guanidine groups is 1. The molecule has 0 unspecified atom stereocenters. The summed E-state index contributed by atoms with van der Waals surface area (Å²) >= 11 is 0. The molecule has 118 valence electrons. The van der Waals surface area contributed by atoms with Crippen LogP contribution in [-0.2, 0) is 6.42 Å². The Labute approximate surface area is 128 Å². The molecule has 0 bridgehead atoms. The van der Waals surface area contributed by atoms with E-state index >= 15 is 0 Å². The number of benzene rings is 1. The summed E-state index contributed by atoms with van der Waals surface area (Å²) in [6.45, 7) is 8.79. The number of aliphatic imine (C=N–C) groups is 1. The van der Waals surface area contributed by atoms with Crippen molar-refractivity contribution in [2.75, 3.05) is 19.7 Å². The third-order valence-electron chi connectivity index (χ3n) is 3.02. The molecule has 0 radical (unpaired) electrons. The Hall–Kier alpha value is -1.71. The number of nitrogens with one attached hydrogen (secondary N) is 1. The Morgan fingerprint density at radius 3 is 2.62 bits per heavy atom. The highest BCUT2D eigenvalue weighted by Crippen LogP contribution is 2.13. The fourth-order valence-electron chi connectivity index (χ4n) is 1.76. The largest absolute Gasteiger partial charge is 0.493 e. The SMILES string of the molecule is CCCCN=C(N)NCCc1ccc(OCC(C)C)cc1. The maximum Gasteiger partial charge on any atom is 0.188 e. The number of rotatable bonds is 9. The van der Waals surface area contributed by atoms with E-state index in [-0.39, 0.29) is 0 Å². The maximum atomic E-state index is 5.79. The van der Waals surface area contributed by atoms with Gasteiger partial charge in [-0.1, -0.05) is 39.3 Å². The van der Waals surface area contributed by atoms with Gasteiger partial charge in [0, 0.05) is 13.1 Å². The van der Waals surface area contributed by atoms with E-state index in [4.69, 9.17) is 10.5 Å². The maximum absolute atomic E-state index is 5.79. The van der Waals surface area contributed by atoms with Crippen molar-refractivity contribution < 1.29 is 4.74 Å². The highest BCUT2D eigenvalue weighted by Gasteiger charge is 1.98. The summed E-state index contributed by atoms with van der Waals surface area (Å²) in [6.07, 6.45) is 3.15. The highest BCUT2D eigenvalue weighted by atomic mass is 16.5. The van der Waals surface area contributed by atoms with Crippen LogP contribution in [0.5, 0.6) is 5.75 Å². The molecule has 0 aliphatic rings. The molecule has 0 amide bonds. The summed E-state index contributed by atoms with van der Waals surface area (Å²) < 4.78 is 5.67. The van der Waals surface area contributed by atoms with Gasteiger partial charge in [0.1, 0.15) is 5.75 Å². The zero-order chi connectivity index (χ0) is 15.5. The molecule has 0 heterocycles. The van der Waals surface area contributed by atoms with Gasteiger partial charge in [0.15, 0.2) is 5.96 Å². The summed E-state index contributed by atoms with van der Waals surface area (Å²) in [5.74, 6) is 2.02. The van der Waals surface area contributed by atoms with Crippen LogP contribution in [0.1, 0.15) is 39.2 Å². The van der Waals surface area contributed by atoms with Crippen molar-refractivity contribution in [2.45, 2.75) is 40.0 Å². The Morgan fingerprint density at radius 1 is 1.29 bits per heavy atom. The Morgan fingerprint density at radius 2 is 2.00 bits per heavy atom. The number of nitrogens with two attached hydrogens (primary N) is 1. The highest BCUT2D eigenvalue weighted by molar-refractivity contribution is 5.77. The molecule has 4 heteroatoms. The van der Waals surface area contributed by atoms with Gasteiger partial charge in [-0.15, -0.1) is 0 Å². The van der Waals surface area contributed by atoms with E-state index in [1.54, 1.807) is 0 Å². The van der Waals surface area contributed by atoms with Crippen LogP contribution in [0.4, 0.5) is 0 Å². The van der Waals surface area contributed by atoms with E-state index in [9.17, 15) is 0 Å². The molecule has 0 saturated carbocycles. The first-order valence-corrected chi connectivity index (χ1v) is 7.87. The Kier molecular flexibility index (Phi) is 8.32. The fraction of sp³-hybridized carbons (Fsp3) is 0.588. The molecule has 1 rings (SSSR count). The van der Waals surface area contributed by atoms with Gasteiger partial charge in [-0.2, -0.15) is 0 Å². The fourth-order valence-corrected chi connectivity index (χ4v) is 1.76. The molecule has 4 nitrogen and oxygen atoms in total. The van der Waals surface area contributed by atoms with Gasteiger partial charge in [0.05, 0.1) is 6.61 Å². The van der Waals surface area contributed by atoms with Crippen LogP contribution in [-0.4, -0.2) is 25.7 Å². The minimum absolute atomic E-state index is 0.542. The first-order chi connectivity index (χ1) is 10.1. The molecule has 21 heavy (non-hydrogen) atoms. The summed E-state index contributed by atoms with van der Waals surface area (Å²) in [5, 5.41) is 3.14. The third-order valence-corrected chi connectivity index (χ3v) is 3.02. The predicted octanol–water partition coefficient (Wildman–Crippen LogP) is 2.97. The molecule has 1 aromatic rings. The molecule has 0 atom stereocenters. The smallest absolute Gasteiger partial charge is 0.188 e. The molecule has 0 aliphatic carbocycles. The lowest BCUT2D eigenvalue weighted by Crippen LogP contribution is -2.33. The lowest BCUT2D eigenvalue weighted by atomic mass is 10.1. The first-order valence-electron chi connectivity index (χ1n) is 7.87. The number of hydrogen-bond donors (Lipinski definition) is 2. The average Bonchev–Trinajstić information content (AvgIpc) is 2.46. The van der Waals surface area contributed by atoms with E-state index in [0.29, 0.717) is 11.9 Å². The van der Waals surface area contributed by atoms with Crippen LogP contribution in [0.3, 0.4) is 0 Å². The van der Waals surface area contributed by atoms with E-state index in [1.165, 1.54) is 5.56 Å². The summed E-state index contributed by atoms with van der Waals surface area (Å²) in [6, 6.07) is 8.25. The van der Waals surface area contributed by atoms with Gasteiger partial charge < -0.3 is 15.8 Å². The van der Waals surface area contributed by atoms with Crippen molar-refractivity contribution in [3.8, 4) is 5.75 Å². The molecule has 1 aromatic carbocycles. The quantitative estimate of drug-likeness (QED) is 0.418. The average molecular weight is 291 g/mol. The number of hydrogen-bond acceptors (Lipinski definition) is 2. The van der Waals surface area contributed by atoms with Crippen molar-refractivity contribution in [1.82, 2.24) is 5.32 Å². The number of ether oxygens (including phenoxy) is 1. The second-order valence-corrected chi connectivity index (χ2v) is 5.65. The van der Waals surface area contributed by atoms with E-state index in [1.807, 2.05) is 12.1 Å². The summed E-state index contributed by atoms with van der Waals surface area (Å²) in [4.78, 5) is 4.26. The van der Waals surface area contributed by atoms with Gasteiger partial charge in [-0.3, -0.25) is 4.99 Å². The Bertz CT molecular complexity index is 413. The third kappa shape index (κ3) is 8.23. The molecule has 0 spiro atoms. The monoisotopic (exact) mass is 291 g/mol. The Balaban J connectivity index is 2.27. The van der Waals surface area contributed by atoms with Crippen LogP contribution < -0.4 is 15.8 Å². The normalized spacial score (nSPS) is 11.7. The van der Waals surface area contributed by atoms with Crippen LogP contribution in [0, 0.1) is 5.92 Å². The molecule has 0 saturated heterocycles. The minimum atomic E-state index is 0.542. The second-order valence-electron chi connectivity index (χ2n) is 5.65. The van der Waals surface area contributed by atoms with Crippen LogP contribution in [0.25, 0.3) is 0 Å². The van der Waals surface area contributed by atoms with E-state index in [2.05, 4.69) is 43.2 Å². The zero-order valence-electron chi connectivity index (χ0n) is 13.6. The molecule has 0 fully saturated rings. The van der Waals surface area contributed by atoms with E-state index < -0.39 is 0 Å². The van der Waals surface area contributed by atoms with Gasteiger partial charge in [0.2, 0.25) is 0 Å². The lowest BCUT2D eigenvalue weighted by Gasteiger charge is -2.09. The van der Waals surface area contributed by atoms with Gasteiger partial charge in [0.25, 0.3) is 0 Å². The minimum Gasteiger partial charge on any atom is -0.493 e. The molecular formula is C17H29N3O. The predicted molar refractivity (Wildman–Crippen MR) is 89.9 cm³/mol. The van der Waals surface area contributed by atoms with Crippen molar-refractivity contribution in [3.05, 3.63) is 29.8 Å². The zero-order valence-corrected chi connectivity index (χ0v) is 13.6. The van der Waals surface area contributed by atoms with Crippen LogP contribution in [0.15, 0.2) is 29.3 Å². The molecule has 0 aliphatic heterocycles. The number of nitrogens with zero attached hydrogens (tertiary/aromatic N) is 1.